The van der Waals surface area contributed by atoms with Gasteiger partial charge in [-0.15, -0.1) is 0 Å². The maximum atomic E-state index is 13.0. The Bertz CT molecular complexity index is 671. The Hall–Kier alpha value is -2.48. The molecule has 134 valence electrons. The van der Waals surface area contributed by atoms with Crippen LogP contribution in [0.4, 0.5) is 14.9 Å². The number of anilines is 1. The fraction of sp³-hybridized carbons (Fsp3) is 0.471. The van der Waals surface area contributed by atoms with Gasteiger partial charge in [-0.1, -0.05) is 6.92 Å². The van der Waals surface area contributed by atoms with Gasteiger partial charge in [0.1, 0.15) is 5.82 Å². The van der Waals surface area contributed by atoms with Gasteiger partial charge in [-0.3, -0.25) is 19.4 Å². The van der Waals surface area contributed by atoms with Gasteiger partial charge in [0.2, 0.25) is 0 Å². The number of piperazine rings is 1. The number of benzene rings is 1. The van der Waals surface area contributed by atoms with E-state index in [0.717, 1.165) is 15.5 Å². The SMILES string of the molecule is CCCN1C(=O)C(=O)N(CN2CCN(c3ccc(F)cc3)CC2)C1=O. The van der Waals surface area contributed by atoms with E-state index in [1.807, 2.05) is 11.8 Å². The van der Waals surface area contributed by atoms with Crippen molar-refractivity contribution in [2.24, 2.45) is 0 Å². The third-order valence-corrected chi connectivity index (χ3v) is 4.49. The Morgan fingerprint density at radius 2 is 1.52 bits per heavy atom. The van der Waals surface area contributed by atoms with E-state index in [0.29, 0.717) is 32.6 Å². The van der Waals surface area contributed by atoms with E-state index in [9.17, 15) is 18.8 Å². The number of nitrogens with zero attached hydrogens (tertiary/aromatic N) is 4. The highest BCUT2D eigenvalue weighted by Crippen LogP contribution is 2.18. The largest absolute Gasteiger partial charge is 0.369 e. The Balaban J connectivity index is 1.57. The third-order valence-electron chi connectivity index (χ3n) is 4.49. The molecule has 0 bridgehead atoms. The fourth-order valence-corrected chi connectivity index (χ4v) is 3.10. The quantitative estimate of drug-likeness (QED) is 0.589. The topological polar surface area (TPSA) is 64.2 Å². The molecule has 0 aromatic heterocycles. The van der Waals surface area contributed by atoms with Crippen LogP contribution in [0.15, 0.2) is 24.3 Å². The third kappa shape index (κ3) is 3.48. The summed E-state index contributed by atoms with van der Waals surface area (Å²) in [6, 6.07) is 5.80. The Morgan fingerprint density at radius 3 is 2.12 bits per heavy atom. The summed E-state index contributed by atoms with van der Waals surface area (Å²) in [5.74, 6) is -1.76. The van der Waals surface area contributed by atoms with E-state index in [4.69, 9.17) is 0 Å². The molecule has 0 N–H and O–H groups in total. The minimum atomic E-state index is -0.751. The molecule has 4 amide bonds. The summed E-state index contributed by atoms with van der Waals surface area (Å²) in [6.45, 7) is 4.94. The lowest BCUT2D eigenvalue weighted by Crippen LogP contribution is -2.51. The van der Waals surface area contributed by atoms with Gasteiger partial charge >= 0.3 is 17.8 Å². The van der Waals surface area contributed by atoms with Crippen molar-refractivity contribution in [2.45, 2.75) is 13.3 Å². The predicted octanol–water partition coefficient (Wildman–Crippen LogP) is 1.11. The first-order valence-corrected chi connectivity index (χ1v) is 8.41. The summed E-state index contributed by atoms with van der Waals surface area (Å²) in [6.07, 6.45) is 0.620. The van der Waals surface area contributed by atoms with Crippen molar-refractivity contribution in [1.29, 1.82) is 0 Å². The zero-order valence-electron chi connectivity index (χ0n) is 14.2. The number of hydrogen-bond donors (Lipinski definition) is 0. The number of urea groups is 1. The van der Waals surface area contributed by atoms with Crippen LogP contribution >= 0.6 is 0 Å². The molecule has 3 rings (SSSR count). The molecule has 8 heteroatoms. The standard InChI is InChI=1S/C17H21FN4O3/c1-2-7-21-15(23)16(24)22(17(21)25)12-19-8-10-20(11-9-19)14-5-3-13(18)4-6-14/h3-6H,2,7-12H2,1H3. The van der Waals surface area contributed by atoms with Crippen molar-refractivity contribution in [3.05, 3.63) is 30.1 Å². The van der Waals surface area contributed by atoms with Crippen molar-refractivity contribution in [1.82, 2.24) is 14.7 Å². The normalized spacial score (nSPS) is 19.3. The molecule has 1 aromatic rings. The van der Waals surface area contributed by atoms with Crippen molar-refractivity contribution in [3.8, 4) is 0 Å². The Kier molecular flexibility index (Phi) is 4.98. The van der Waals surface area contributed by atoms with Crippen LogP contribution in [0.5, 0.6) is 0 Å². The number of hydrogen-bond acceptors (Lipinski definition) is 5. The molecule has 0 unspecified atom stereocenters. The van der Waals surface area contributed by atoms with Crippen molar-refractivity contribution >= 4 is 23.5 Å². The van der Waals surface area contributed by atoms with Gasteiger partial charge in [0, 0.05) is 38.4 Å². The Labute approximate surface area is 145 Å². The molecule has 0 spiro atoms. The summed E-state index contributed by atoms with van der Waals surface area (Å²) in [5, 5.41) is 0. The molecule has 1 aromatic carbocycles. The van der Waals surface area contributed by atoms with Crippen molar-refractivity contribution in [3.63, 3.8) is 0 Å². The van der Waals surface area contributed by atoms with Crippen LogP contribution in [-0.2, 0) is 9.59 Å². The van der Waals surface area contributed by atoms with Crippen molar-refractivity contribution < 1.29 is 18.8 Å². The van der Waals surface area contributed by atoms with Crippen LogP contribution < -0.4 is 4.90 Å². The van der Waals surface area contributed by atoms with Crippen LogP contribution in [0.2, 0.25) is 0 Å². The average molecular weight is 348 g/mol. The number of carbonyl (C=O) groups is 3. The van der Waals surface area contributed by atoms with E-state index < -0.39 is 17.8 Å². The lowest BCUT2D eigenvalue weighted by Gasteiger charge is -2.37. The lowest BCUT2D eigenvalue weighted by atomic mass is 10.2. The molecule has 2 heterocycles. The maximum absolute atomic E-state index is 13.0. The van der Waals surface area contributed by atoms with Gasteiger partial charge in [0.25, 0.3) is 0 Å². The second-order valence-corrected chi connectivity index (χ2v) is 6.20. The smallest absolute Gasteiger partial charge is 0.335 e. The van der Waals surface area contributed by atoms with Gasteiger partial charge in [-0.2, -0.15) is 0 Å². The minimum Gasteiger partial charge on any atom is -0.369 e. The zero-order valence-corrected chi connectivity index (χ0v) is 14.2. The lowest BCUT2D eigenvalue weighted by molar-refractivity contribution is -0.144. The first kappa shape index (κ1) is 17.3. The average Bonchev–Trinajstić information content (AvgIpc) is 2.81. The zero-order chi connectivity index (χ0) is 18.0. The van der Waals surface area contributed by atoms with E-state index in [2.05, 4.69) is 4.90 Å². The van der Waals surface area contributed by atoms with Crippen LogP contribution in [0.3, 0.4) is 0 Å². The number of amides is 4. The molecule has 2 aliphatic rings. The second-order valence-electron chi connectivity index (χ2n) is 6.20. The first-order chi connectivity index (χ1) is 12.0. The van der Waals surface area contributed by atoms with E-state index >= 15 is 0 Å². The van der Waals surface area contributed by atoms with Crippen LogP contribution in [0.25, 0.3) is 0 Å². The molecule has 25 heavy (non-hydrogen) atoms. The molecule has 2 aliphatic heterocycles. The number of carbonyl (C=O) groups excluding carboxylic acids is 3. The number of imide groups is 2. The fourth-order valence-electron chi connectivity index (χ4n) is 3.10. The molecule has 0 saturated carbocycles. The molecular weight excluding hydrogens is 327 g/mol. The van der Waals surface area contributed by atoms with E-state index in [-0.39, 0.29) is 19.0 Å². The monoisotopic (exact) mass is 348 g/mol. The molecule has 0 radical (unpaired) electrons. The number of rotatable bonds is 5. The second kappa shape index (κ2) is 7.18. The maximum Gasteiger partial charge on any atom is 0.335 e. The Morgan fingerprint density at radius 1 is 0.920 bits per heavy atom. The van der Waals surface area contributed by atoms with Crippen LogP contribution in [-0.4, -0.2) is 71.9 Å². The summed E-state index contributed by atoms with van der Waals surface area (Å²) in [7, 11) is 0. The van der Waals surface area contributed by atoms with E-state index in [1.165, 1.54) is 12.1 Å². The summed E-state index contributed by atoms with van der Waals surface area (Å²) in [4.78, 5) is 42.3. The van der Waals surface area contributed by atoms with E-state index in [1.54, 1.807) is 12.1 Å². The van der Waals surface area contributed by atoms with Crippen LogP contribution in [0.1, 0.15) is 13.3 Å². The highest BCUT2D eigenvalue weighted by molar-refractivity contribution is 6.44. The summed E-state index contributed by atoms with van der Waals surface area (Å²) in [5.41, 5.74) is 0.943. The summed E-state index contributed by atoms with van der Waals surface area (Å²) < 4.78 is 13.0. The molecular formula is C17H21FN4O3. The number of halogens is 1. The van der Waals surface area contributed by atoms with Crippen molar-refractivity contribution in [2.75, 3.05) is 44.3 Å². The highest BCUT2D eigenvalue weighted by Gasteiger charge is 2.44. The molecule has 0 atom stereocenters. The van der Waals surface area contributed by atoms with Gasteiger partial charge in [0.15, 0.2) is 0 Å². The van der Waals surface area contributed by atoms with Gasteiger partial charge in [-0.05, 0) is 30.7 Å². The van der Waals surface area contributed by atoms with Gasteiger partial charge in [-0.25, -0.2) is 14.1 Å². The van der Waals surface area contributed by atoms with Gasteiger partial charge < -0.3 is 4.90 Å². The molecule has 0 aliphatic carbocycles. The molecule has 2 fully saturated rings. The molecule has 7 nitrogen and oxygen atoms in total. The summed E-state index contributed by atoms with van der Waals surface area (Å²) >= 11 is 0. The minimum absolute atomic E-state index is 0.126. The highest BCUT2D eigenvalue weighted by atomic mass is 19.1. The molecule has 2 saturated heterocycles. The predicted molar refractivity (Wildman–Crippen MR) is 89.3 cm³/mol. The van der Waals surface area contributed by atoms with Crippen LogP contribution in [0, 0.1) is 5.82 Å². The first-order valence-electron chi connectivity index (χ1n) is 8.41. The van der Waals surface area contributed by atoms with Gasteiger partial charge in [0.05, 0.1) is 6.67 Å².